The summed E-state index contributed by atoms with van der Waals surface area (Å²) in [7, 11) is 1.68. The van der Waals surface area contributed by atoms with Gasteiger partial charge in [-0.1, -0.05) is 6.07 Å². The van der Waals surface area contributed by atoms with Crippen LogP contribution in [0.1, 0.15) is 17.3 Å². The van der Waals surface area contributed by atoms with E-state index in [0.29, 0.717) is 5.84 Å². The molecule has 0 spiro atoms. The highest BCUT2D eigenvalue weighted by atomic mass is 16.2. The fourth-order valence-electron chi connectivity index (χ4n) is 1.59. The maximum Gasteiger partial charge on any atom is 0.345 e. The van der Waals surface area contributed by atoms with E-state index in [2.05, 4.69) is 9.98 Å². The number of amidine groups is 1. The van der Waals surface area contributed by atoms with Crippen LogP contribution in [-0.2, 0) is 0 Å². The zero-order valence-electron chi connectivity index (χ0n) is 8.64. The summed E-state index contributed by atoms with van der Waals surface area (Å²) in [6, 6.07) is 3.22. The molecule has 2 N–H and O–H groups in total. The van der Waals surface area contributed by atoms with Crippen molar-refractivity contribution in [2.75, 3.05) is 7.05 Å². The van der Waals surface area contributed by atoms with E-state index in [4.69, 9.17) is 5.73 Å². The summed E-state index contributed by atoms with van der Waals surface area (Å²) in [5.41, 5.74) is 7.51. The first kappa shape index (κ1) is 9.64. The quantitative estimate of drug-likeness (QED) is 0.737. The molecule has 0 saturated heterocycles. The Morgan fingerprint density at radius 3 is 2.67 bits per heavy atom. The van der Waals surface area contributed by atoms with E-state index in [9.17, 15) is 4.79 Å². The Morgan fingerprint density at radius 1 is 1.47 bits per heavy atom. The number of urea groups is 1. The molecule has 2 rings (SSSR count). The Hall–Kier alpha value is -1.91. The molecule has 0 saturated carbocycles. The van der Waals surface area contributed by atoms with E-state index in [1.165, 1.54) is 4.90 Å². The number of amides is 2. The molecule has 1 atom stereocenters. The summed E-state index contributed by atoms with van der Waals surface area (Å²) < 4.78 is 0. The van der Waals surface area contributed by atoms with Gasteiger partial charge in [-0.05, 0) is 13.0 Å². The van der Waals surface area contributed by atoms with Gasteiger partial charge in [-0.25, -0.2) is 4.79 Å². The van der Waals surface area contributed by atoms with Gasteiger partial charge in [0, 0.05) is 24.5 Å². The molecule has 1 unspecified atom stereocenters. The van der Waals surface area contributed by atoms with Gasteiger partial charge in [-0.3, -0.25) is 4.98 Å². The van der Waals surface area contributed by atoms with Gasteiger partial charge in [-0.2, -0.15) is 4.99 Å². The van der Waals surface area contributed by atoms with Crippen LogP contribution in [0.3, 0.4) is 0 Å². The third-order valence-corrected chi connectivity index (χ3v) is 2.44. The maximum atomic E-state index is 11.3. The van der Waals surface area contributed by atoms with Gasteiger partial charge in [0.2, 0.25) is 0 Å². The monoisotopic (exact) mass is 204 g/mol. The van der Waals surface area contributed by atoms with E-state index >= 15 is 0 Å². The second-order valence-electron chi connectivity index (χ2n) is 3.57. The molecule has 1 aromatic heterocycles. The number of nitrogens with two attached hydrogens (primary N) is 1. The maximum absolute atomic E-state index is 11.3. The number of rotatable bonds is 1. The van der Waals surface area contributed by atoms with Crippen molar-refractivity contribution in [2.24, 2.45) is 10.7 Å². The molecule has 0 aliphatic carbocycles. The molecule has 0 aromatic carbocycles. The summed E-state index contributed by atoms with van der Waals surface area (Å²) in [4.78, 5) is 20.6. The van der Waals surface area contributed by atoms with Gasteiger partial charge in [-0.15, -0.1) is 0 Å². The van der Waals surface area contributed by atoms with Crippen molar-refractivity contribution in [3.8, 4) is 0 Å². The number of aromatic nitrogens is 1. The lowest BCUT2D eigenvalue weighted by atomic mass is 10.1. The minimum Gasteiger partial charge on any atom is -0.385 e. The van der Waals surface area contributed by atoms with Crippen LogP contribution in [0.2, 0.25) is 0 Å². The lowest BCUT2D eigenvalue weighted by Crippen LogP contribution is -2.30. The minimum atomic E-state index is -0.307. The van der Waals surface area contributed by atoms with E-state index in [1.54, 1.807) is 13.2 Å². The molecule has 1 aromatic rings. The molecule has 2 amide bonds. The van der Waals surface area contributed by atoms with Gasteiger partial charge in [0.05, 0.1) is 0 Å². The molecule has 0 bridgehead atoms. The summed E-state index contributed by atoms with van der Waals surface area (Å²) in [5.74, 6) is 0.327. The van der Waals surface area contributed by atoms with Gasteiger partial charge < -0.3 is 10.6 Å². The summed E-state index contributed by atoms with van der Waals surface area (Å²) in [6.45, 7) is 1.91. The molecular weight excluding hydrogens is 192 g/mol. The molecular formula is C10H12N4O. The number of aliphatic imine (C=N–C) groups is 1. The largest absolute Gasteiger partial charge is 0.385 e. The first-order valence-electron chi connectivity index (χ1n) is 4.63. The van der Waals surface area contributed by atoms with Gasteiger partial charge in [0.1, 0.15) is 11.9 Å². The standard InChI is InChI=1S/C10H12N4O/c1-6-3-4-7(5-12-6)8-9(11)13-10(15)14(8)2/h3-5,8H,1-2H3,(H2,11,13,15). The van der Waals surface area contributed by atoms with E-state index in [-0.39, 0.29) is 12.1 Å². The Labute approximate surface area is 87.6 Å². The van der Waals surface area contributed by atoms with Crippen LogP contribution in [0.15, 0.2) is 23.3 Å². The predicted octanol–water partition coefficient (Wildman–Crippen LogP) is 0.854. The van der Waals surface area contributed by atoms with Gasteiger partial charge in [0.25, 0.3) is 0 Å². The number of carbonyl (C=O) groups is 1. The number of aryl methyl sites for hydroxylation is 1. The average molecular weight is 204 g/mol. The van der Waals surface area contributed by atoms with Crippen molar-refractivity contribution in [1.29, 1.82) is 0 Å². The van der Waals surface area contributed by atoms with E-state index in [0.717, 1.165) is 11.3 Å². The van der Waals surface area contributed by atoms with Crippen LogP contribution < -0.4 is 5.73 Å². The highest BCUT2D eigenvalue weighted by Crippen LogP contribution is 2.24. The number of pyridine rings is 1. The number of carbonyl (C=O) groups excluding carboxylic acids is 1. The predicted molar refractivity (Wildman–Crippen MR) is 56.5 cm³/mol. The van der Waals surface area contributed by atoms with Crippen LogP contribution in [0, 0.1) is 6.92 Å². The first-order chi connectivity index (χ1) is 7.09. The second kappa shape index (κ2) is 3.34. The number of hydrogen-bond acceptors (Lipinski definition) is 3. The fraction of sp³-hybridized carbons (Fsp3) is 0.300. The minimum absolute atomic E-state index is 0.273. The lowest BCUT2D eigenvalue weighted by molar-refractivity contribution is 0.218. The van der Waals surface area contributed by atoms with Crippen molar-refractivity contribution >= 4 is 11.9 Å². The van der Waals surface area contributed by atoms with Crippen molar-refractivity contribution in [3.63, 3.8) is 0 Å². The molecule has 1 aliphatic heterocycles. The Bertz CT molecular complexity index is 424. The third kappa shape index (κ3) is 1.56. The lowest BCUT2D eigenvalue weighted by Gasteiger charge is -2.19. The molecule has 0 radical (unpaired) electrons. The second-order valence-corrected chi connectivity index (χ2v) is 3.57. The molecule has 15 heavy (non-hydrogen) atoms. The van der Waals surface area contributed by atoms with Crippen LogP contribution in [-0.4, -0.2) is 28.8 Å². The Balaban J connectivity index is 2.36. The zero-order chi connectivity index (χ0) is 11.0. The molecule has 1 aliphatic rings. The summed E-state index contributed by atoms with van der Waals surface area (Å²) in [5, 5.41) is 0. The van der Waals surface area contributed by atoms with Crippen LogP contribution in [0.5, 0.6) is 0 Å². The third-order valence-electron chi connectivity index (χ3n) is 2.44. The van der Waals surface area contributed by atoms with Gasteiger partial charge >= 0.3 is 6.03 Å². The van der Waals surface area contributed by atoms with E-state index in [1.807, 2.05) is 19.1 Å². The average Bonchev–Trinajstić information content (AvgIpc) is 2.44. The van der Waals surface area contributed by atoms with E-state index < -0.39 is 0 Å². The molecule has 2 heterocycles. The Morgan fingerprint density at radius 2 is 2.20 bits per heavy atom. The highest BCUT2D eigenvalue weighted by Gasteiger charge is 2.31. The van der Waals surface area contributed by atoms with Crippen molar-refractivity contribution in [3.05, 3.63) is 29.6 Å². The summed E-state index contributed by atoms with van der Waals surface area (Å²) in [6.07, 6.45) is 1.72. The fourth-order valence-corrected chi connectivity index (χ4v) is 1.59. The molecule has 5 heteroatoms. The SMILES string of the molecule is Cc1ccc(C2C(N)=NC(=O)N2C)cn1. The Kier molecular flexibility index (Phi) is 2.15. The van der Waals surface area contributed by atoms with Crippen molar-refractivity contribution in [2.45, 2.75) is 13.0 Å². The van der Waals surface area contributed by atoms with Crippen molar-refractivity contribution in [1.82, 2.24) is 9.88 Å². The van der Waals surface area contributed by atoms with Crippen LogP contribution in [0.4, 0.5) is 4.79 Å². The number of likely N-dealkylation sites (N-methyl/N-ethyl adjacent to an activating group) is 1. The smallest absolute Gasteiger partial charge is 0.345 e. The molecule has 5 nitrogen and oxygen atoms in total. The zero-order valence-corrected chi connectivity index (χ0v) is 8.64. The number of hydrogen-bond donors (Lipinski definition) is 1. The highest BCUT2D eigenvalue weighted by molar-refractivity contribution is 6.03. The van der Waals surface area contributed by atoms with Gasteiger partial charge in [0.15, 0.2) is 0 Å². The molecule has 0 fully saturated rings. The first-order valence-corrected chi connectivity index (χ1v) is 4.63. The summed E-state index contributed by atoms with van der Waals surface area (Å²) >= 11 is 0. The topological polar surface area (TPSA) is 71.6 Å². The molecule has 78 valence electrons. The van der Waals surface area contributed by atoms with Crippen LogP contribution in [0.25, 0.3) is 0 Å². The van der Waals surface area contributed by atoms with Crippen molar-refractivity contribution < 1.29 is 4.79 Å². The van der Waals surface area contributed by atoms with Crippen LogP contribution >= 0.6 is 0 Å². The normalized spacial score (nSPS) is 20.7. The number of nitrogens with zero attached hydrogens (tertiary/aromatic N) is 3.